The first-order chi connectivity index (χ1) is 8.54. The number of carboxylic acid groups (broad SMARTS) is 1. The molecule has 5 heteroatoms. The summed E-state index contributed by atoms with van der Waals surface area (Å²) in [6.45, 7) is 3.86. The Bertz CT molecular complexity index is 432. The van der Waals surface area contributed by atoms with Crippen LogP contribution in [0, 0.1) is 0 Å². The van der Waals surface area contributed by atoms with Gasteiger partial charge in [0.25, 0.3) is 0 Å². The van der Waals surface area contributed by atoms with Crippen molar-refractivity contribution in [2.24, 2.45) is 0 Å². The monoisotopic (exact) mass is 250 g/mol. The van der Waals surface area contributed by atoms with E-state index in [9.17, 15) is 9.59 Å². The lowest BCUT2D eigenvalue weighted by atomic mass is 10.1. The van der Waals surface area contributed by atoms with E-state index >= 15 is 0 Å². The quantitative estimate of drug-likeness (QED) is 0.741. The molecule has 0 aliphatic heterocycles. The smallest absolute Gasteiger partial charge is 0.325 e. The summed E-state index contributed by atoms with van der Waals surface area (Å²) >= 11 is 0. The second-order valence-corrected chi connectivity index (χ2v) is 4.01. The van der Waals surface area contributed by atoms with Crippen molar-refractivity contribution in [1.82, 2.24) is 10.6 Å². The van der Waals surface area contributed by atoms with Gasteiger partial charge in [0.15, 0.2) is 0 Å². The second kappa shape index (κ2) is 6.64. The van der Waals surface area contributed by atoms with Crippen LogP contribution in [-0.2, 0) is 17.8 Å². The molecule has 0 fully saturated rings. The van der Waals surface area contributed by atoms with E-state index in [-0.39, 0.29) is 0 Å². The molecule has 0 aliphatic carbocycles. The Morgan fingerprint density at radius 2 is 1.89 bits per heavy atom. The van der Waals surface area contributed by atoms with Gasteiger partial charge in [0.05, 0.1) is 0 Å². The van der Waals surface area contributed by atoms with Crippen LogP contribution in [0.5, 0.6) is 0 Å². The van der Waals surface area contributed by atoms with E-state index in [1.165, 1.54) is 12.5 Å². The highest BCUT2D eigenvalue weighted by atomic mass is 16.4. The standard InChI is InChI=1S/C13H18N2O3/c1-3-10-6-4-5-7-11(10)8-14-13(18)15-9(2)12(16)17/h4-7,9H,3,8H2,1-2H3,(H,16,17)(H2,14,15,18)/t9-/m1/s1. The third kappa shape index (κ3) is 4.08. The van der Waals surface area contributed by atoms with E-state index in [0.29, 0.717) is 6.54 Å². The average molecular weight is 250 g/mol. The van der Waals surface area contributed by atoms with Gasteiger partial charge in [0, 0.05) is 6.54 Å². The molecule has 1 rings (SSSR count). The molecule has 1 atom stereocenters. The molecule has 0 spiro atoms. The first kappa shape index (κ1) is 14.0. The average Bonchev–Trinajstić information content (AvgIpc) is 2.36. The highest BCUT2D eigenvalue weighted by Crippen LogP contribution is 2.08. The molecular weight excluding hydrogens is 232 g/mol. The summed E-state index contributed by atoms with van der Waals surface area (Å²) in [6.07, 6.45) is 0.894. The van der Waals surface area contributed by atoms with Crippen molar-refractivity contribution in [3.8, 4) is 0 Å². The summed E-state index contributed by atoms with van der Waals surface area (Å²) in [5, 5.41) is 13.6. The molecule has 0 heterocycles. The van der Waals surface area contributed by atoms with Crippen molar-refractivity contribution < 1.29 is 14.7 Å². The maximum Gasteiger partial charge on any atom is 0.325 e. The number of carboxylic acids is 1. The zero-order chi connectivity index (χ0) is 13.5. The van der Waals surface area contributed by atoms with Crippen molar-refractivity contribution in [2.45, 2.75) is 32.9 Å². The van der Waals surface area contributed by atoms with E-state index in [2.05, 4.69) is 10.6 Å². The highest BCUT2D eigenvalue weighted by Gasteiger charge is 2.13. The van der Waals surface area contributed by atoms with Crippen LogP contribution in [0.15, 0.2) is 24.3 Å². The van der Waals surface area contributed by atoms with E-state index in [4.69, 9.17) is 5.11 Å². The normalized spacial score (nSPS) is 11.7. The van der Waals surface area contributed by atoms with Gasteiger partial charge in [-0.1, -0.05) is 31.2 Å². The number of carbonyl (C=O) groups is 2. The number of carbonyl (C=O) groups excluding carboxylic acids is 1. The minimum Gasteiger partial charge on any atom is -0.480 e. The van der Waals surface area contributed by atoms with Crippen LogP contribution in [0.3, 0.4) is 0 Å². The number of nitrogens with one attached hydrogen (secondary N) is 2. The molecule has 0 radical (unpaired) electrons. The summed E-state index contributed by atoms with van der Waals surface area (Å²) in [5.74, 6) is -1.06. The molecule has 1 aromatic carbocycles. The van der Waals surface area contributed by atoms with Crippen LogP contribution in [0.1, 0.15) is 25.0 Å². The Labute approximate surface area is 106 Å². The molecular formula is C13H18N2O3. The number of benzene rings is 1. The molecule has 2 amide bonds. The first-order valence-electron chi connectivity index (χ1n) is 5.88. The van der Waals surface area contributed by atoms with Gasteiger partial charge in [-0.25, -0.2) is 4.79 Å². The van der Waals surface area contributed by atoms with Crippen LogP contribution in [0.4, 0.5) is 4.79 Å². The molecule has 1 aromatic rings. The molecule has 0 bridgehead atoms. The predicted molar refractivity (Wildman–Crippen MR) is 68.3 cm³/mol. The fourth-order valence-electron chi connectivity index (χ4n) is 1.56. The Morgan fingerprint density at radius 1 is 1.28 bits per heavy atom. The van der Waals surface area contributed by atoms with Crippen LogP contribution < -0.4 is 10.6 Å². The Hall–Kier alpha value is -2.04. The molecule has 98 valence electrons. The number of urea groups is 1. The van der Waals surface area contributed by atoms with Crippen molar-refractivity contribution in [1.29, 1.82) is 0 Å². The van der Waals surface area contributed by atoms with E-state index < -0.39 is 18.0 Å². The van der Waals surface area contributed by atoms with E-state index in [0.717, 1.165) is 12.0 Å². The van der Waals surface area contributed by atoms with Gasteiger partial charge < -0.3 is 15.7 Å². The molecule has 0 aliphatic rings. The third-order valence-electron chi connectivity index (χ3n) is 2.66. The fraction of sp³-hybridized carbons (Fsp3) is 0.385. The summed E-state index contributed by atoms with van der Waals surface area (Å²) in [5.41, 5.74) is 2.21. The number of rotatable bonds is 5. The van der Waals surface area contributed by atoms with E-state index in [1.54, 1.807) is 0 Å². The lowest BCUT2D eigenvalue weighted by Crippen LogP contribution is -2.44. The van der Waals surface area contributed by atoms with Crippen molar-refractivity contribution in [2.75, 3.05) is 0 Å². The molecule has 0 unspecified atom stereocenters. The maximum atomic E-state index is 11.4. The molecule has 3 N–H and O–H groups in total. The highest BCUT2D eigenvalue weighted by molar-refractivity contribution is 5.82. The number of amides is 2. The Kier molecular flexibility index (Phi) is 5.17. The fourth-order valence-corrected chi connectivity index (χ4v) is 1.56. The Balaban J connectivity index is 2.50. The van der Waals surface area contributed by atoms with Gasteiger partial charge in [0.1, 0.15) is 6.04 Å². The van der Waals surface area contributed by atoms with Crippen LogP contribution in [0.2, 0.25) is 0 Å². The maximum absolute atomic E-state index is 11.4. The van der Waals surface area contributed by atoms with Gasteiger partial charge in [0.2, 0.25) is 0 Å². The molecule has 18 heavy (non-hydrogen) atoms. The van der Waals surface area contributed by atoms with Gasteiger partial charge >= 0.3 is 12.0 Å². The summed E-state index contributed by atoms with van der Waals surface area (Å²) in [4.78, 5) is 22.0. The van der Waals surface area contributed by atoms with E-state index in [1.807, 2.05) is 31.2 Å². The lowest BCUT2D eigenvalue weighted by molar-refractivity contribution is -0.138. The van der Waals surface area contributed by atoms with Crippen molar-refractivity contribution in [3.63, 3.8) is 0 Å². The topological polar surface area (TPSA) is 78.4 Å². The predicted octanol–water partition coefficient (Wildman–Crippen LogP) is 1.52. The van der Waals surface area contributed by atoms with Gasteiger partial charge in [-0.15, -0.1) is 0 Å². The largest absolute Gasteiger partial charge is 0.480 e. The first-order valence-corrected chi connectivity index (χ1v) is 5.88. The summed E-state index contributed by atoms with van der Waals surface area (Å²) in [7, 11) is 0. The van der Waals surface area contributed by atoms with Crippen LogP contribution in [-0.4, -0.2) is 23.1 Å². The van der Waals surface area contributed by atoms with Crippen molar-refractivity contribution in [3.05, 3.63) is 35.4 Å². The lowest BCUT2D eigenvalue weighted by Gasteiger charge is -2.12. The second-order valence-electron chi connectivity index (χ2n) is 4.01. The zero-order valence-corrected chi connectivity index (χ0v) is 10.6. The molecule has 5 nitrogen and oxygen atoms in total. The Morgan fingerprint density at radius 3 is 2.44 bits per heavy atom. The minimum atomic E-state index is -1.06. The molecule has 0 aromatic heterocycles. The SMILES string of the molecule is CCc1ccccc1CNC(=O)N[C@H](C)C(=O)O. The summed E-state index contributed by atoms with van der Waals surface area (Å²) < 4.78 is 0. The molecule has 0 saturated carbocycles. The number of aryl methyl sites for hydroxylation is 1. The van der Waals surface area contributed by atoms with Crippen LogP contribution >= 0.6 is 0 Å². The van der Waals surface area contributed by atoms with Crippen molar-refractivity contribution >= 4 is 12.0 Å². The van der Waals surface area contributed by atoms with Gasteiger partial charge in [-0.05, 0) is 24.5 Å². The van der Waals surface area contributed by atoms with Crippen LogP contribution in [0.25, 0.3) is 0 Å². The number of hydrogen-bond acceptors (Lipinski definition) is 2. The third-order valence-corrected chi connectivity index (χ3v) is 2.66. The number of hydrogen-bond donors (Lipinski definition) is 3. The van der Waals surface area contributed by atoms with Gasteiger partial charge in [-0.3, -0.25) is 4.79 Å². The van der Waals surface area contributed by atoms with Gasteiger partial charge in [-0.2, -0.15) is 0 Å². The number of aliphatic carboxylic acids is 1. The molecule has 0 saturated heterocycles. The summed E-state index contributed by atoms with van der Waals surface area (Å²) in [6, 6.07) is 6.44. The zero-order valence-electron chi connectivity index (χ0n) is 10.6. The minimum absolute atomic E-state index is 0.391.